The summed E-state index contributed by atoms with van der Waals surface area (Å²) in [5, 5.41) is -0.845. The van der Waals surface area contributed by atoms with Crippen molar-refractivity contribution in [3.63, 3.8) is 0 Å². The minimum Gasteiger partial charge on any atom is -0.295 e. The lowest BCUT2D eigenvalue weighted by atomic mass is 10.5. The third-order valence-corrected chi connectivity index (χ3v) is 5.74. The van der Waals surface area contributed by atoms with E-state index >= 15 is 0 Å². The third-order valence-electron chi connectivity index (χ3n) is 2.05. The van der Waals surface area contributed by atoms with Gasteiger partial charge in [0.25, 0.3) is 0 Å². The molecule has 0 amide bonds. The normalized spacial score (nSPS) is 18.6. The number of alkyl halides is 4. The lowest BCUT2D eigenvalue weighted by Crippen LogP contribution is -2.23. The Morgan fingerprint density at radius 3 is 1.78 bits per heavy atom. The van der Waals surface area contributed by atoms with Gasteiger partial charge in [0.05, 0.1) is 24.0 Å². The zero-order chi connectivity index (χ0) is 14.2. The zero-order valence-corrected chi connectivity index (χ0v) is 14.2. The minimum atomic E-state index is -3.40. The molecular formula is C9H18Cl4NO3P. The molecule has 0 radical (unpaired) electrons. The molecule has 0 aromatic heterocycles. The summed E-state index contributed by atoms with van der Waals surface area (Å²) < 4.78 is 24.5. The highest BCUT2D eigenvalue weighted by Gasteiger charge is 2.31. The second kappa shape index (κ2) is 10.1. The highest BCUT2D eigenvalue weighted by molar-refractivity contribution is 7.51. The molecule has 0 saturated carbocycles. The fourth-order valence-electron chi connectivity index (χ4n) is 0.847. The molecule has 0 aromatic rings. The van der Waals surface area contributed by atoms with Gasteiger partial charge in [-0.15, -0.1) is 46.4 Å². The molecule has 9 heteroatoms. The largest absolute Gasteiger partial charge is 0.407 e. The monoisotopic (exact) mass is 359 g/mol. The van der Waals surface area contributed by atoms with Gasteiger partial charge in [-0.1, -0.05) is 6.92 Å². The van der Waals surface area contributed by atoms with Crippen molar-refractivity contribution in [1.29, 1.82) is 0 Å². The third kappa shape index (κ3) is 7.16. The van der Waals surface area contributed by atoms with Crippen LogP contribution in [0.1, 0.15) is 6.92 Å². The van der Waals surface area contributed by atoms with Crippen LogP contribution < -0.4 is 0 Å². The predicted octanol–water partition coefficient (Wildman–Crippen LogP) is 3.77. The molecule has 4 nitrogen and oxygen atoms in total. The van der Waals surface area contributed by atoms with Crippen LogP contribution in [0, 0.1) is 0 Å². The van der Waals surface area contributed by atoms with Gasteiger partial charge in [0.1, 0.15) is 0 Å². The Morgan fingerprint density at radius 2 is 1.50 bits per heavy atom. The molecule has 0 fully saturated rings. The van der Waals surface area contributed by atoms with E-state index < -0.39 is 18.5 Å². The molecule has 0 aliphatic heterocycles. The van der Waals surface area contributed by atoms with Gasteiger partial charge in [-0.3, -0.25) is 9.05 Å². The van der Waals surface area contributed by atoms with E-state index in [4.69, 9.17) is 55.5 Å². The first-order valence-electron chi connectivity index (χ1n) is 5.40. The van der Waals surface area contributed by atoms with E-state index in [9.17, 15) is 4.57 Å². The molecule has 0 saturated heterocycles. The first-order chi connectivity index (χ1) is 8.39. The van der Waals surface area contributed by atoms with Crippen LogP contribution in [0.4, 0.5) is 0 Å². The summed E-state index contributed by atoms with van der Waals surface area (Å²) in [6, 6.07) is 0. The fourth-order valence-corrected chi connectivity index (χ4v) is 2.88. The standard InChI is InChI=1S/C9H18Cl4NO3P/c1-3-14(2)18(15,16-6-8(12)4-10)17-7-9(13)5-11/h8-9H,3-7H2,1-2H3. The number of halogens is 4. The summed E-state index contributed by atoms with van der Waals surface area (Å²) in [7, 11) is -1.76. The average molecular weight is 361 g/mol. The van der Waals surface area contributed by atoms with Crippen LogP contribution in [0.3, 0.4) is 0 Å². The maximum absolute atomic E-state index is 12.5. The minimum absolute atomic E-state index is 0.0422. The van der Waals surface area contributed by atoms with Gasteiger partial charge < -0.3 is 0 Å². The molecule has 0 N–H and O–H groups in total. The van der Waals surface area contributed by atoms with E-state index in [-0.39, 0.29) is 25.0 Å². The number of hydrogen-bond acceptors (Lipinski definition) is 3. The van der Waals surface area contributed by atoms with Gasteiger partial charge in [0.15, 0.2) is 0 Å². The smallest absolute Gasteiger partial charge is 0.295 e. The lowest BCUT2D eigenvalue weighted by molar-refractivity contribution is 0.168. The van der Waals surface area contributed by atoms with E-state index in [1.165, 1.54) is 4.67 Å². The summed E-state index contributed by atoms with van der Waals surface area (Å²) >= 11 is 22.7. The molecule has 0 aromatic carbocycles. The number of rotatable bonds is 10. The first kappa shape index (κ1) is 19.3. The summed E-state index contributed by atoms with van der Waals surface area (Å²) in [5.74, 6) is 0.411. The fraction of sp³-hybridized carbons (Fsp3) is 1.00. The summed E-state index contributed by atoms with van der Waals surface area (Å²) in [6.45, 7) is 2.42. The highest BCUT2D eigenvalue weighted by atomic mass is 35.5. The first-order valence-corrected chi connectivity index (χ1v) is 8.84. The van der Waals surface area contributed by atoms with Crippen molar-refractivity contribution in [3.8, 4) is 0 Å². The summed E-state index contributed by atoms with van der Waals surface area (Å²) in [6.07, 6.45) is 0. The van der Waals surface area contributed by atoms with Crippen LogP contribution in [0.5, 0.6) is 0 Å². The molecule has 0 aliphatic rings. The average Bonchev–Trinajstić information content (AvgIpc) is 2.40. The van der Waals surface area contributed by atoms with Crippen LogP contribution in [0.15, 0.2) is 0 Å². The van der Waals surface area contributed by atoms with Crippen LogP contribution in [0.25, 0.3) is 0 Å². The number of hydrogen-bond donors (Lipinski definition) is 0. The quantitative estimate of drug-likeness (QED) is 0.439. The maximum atomic E-state index is 12.5. The van der Waals surface area contributed by atoms with Gasteiger partial charge >= 0.3 is 7.75 Å². The van der Waals surface area contributed by atoms with Crippen LogP contribution >= 0.6 is 54.2 Å². The summed E-state index contributed by atoms with van der Waals surface area (Å²) in [5.41, 5.74) is 0. The molecule has 110 valence electrons. The van der Waals surface area contributed by atoms with Crippen molar-refractivity contribution in [2.75, 3.05) is 38.6 Å². The van der Waals surface area contributed by atoms with E-state index in [1.54, 1.807) is 7.05 Å². The van der Waals surface area contributed by atoms with Crippen molar-refractivity contribution in [2.24, 2.45) is 0 Å². The molecule has 0 bridgehead atoms. The van der Waals surface area contributed by atoms with Crippen molar-refractivity contribution >= 4 is 54.2 Å². The van der Waals surface area contributed by atoms with Gasteiger partial charge in [0.2, 0.25) is 0 Å². The van der Waals surface area contributed by atoms with Crippen LogP contribution in [0.2, 0.25) is 0 Å². The Bertz CT molecular complexity index is 254. The van der Waals surface area contributed by atoms with Crippen LogP contribution in [-0.2, 0) is 13.6 Å². The Hall–Kier alpha value is 1.27. The second-order valence-corrected chi connectivity index (χ2v) is 7.53. The van der Waals surface area contributed by atoms with Crippen molar-refractivity contribution in [1.82, 2.24) is 4.67 Å². The Morgan fingerprint density at radius 1 is 1.11 bits per heavy atom. The summed E-state index contributed by atoms with van der Waals surface area (Å²) in [4.78, 5) is 0. The Labute approximate surface area is 128 Å². The molecular weight excluding hydrogens is 343 g/mol. The van der Waals surface area contributed by atoms with Gasteiger partial charge in [-0.25, -0.2) is 9.24 Å². The van der Waals surface area contributed by atoms with E-state index in [0.717, 1.165) is 0 Å². The van der Waals surface area contributed by atoms with Gasteiger partial charge in [0, 0.05) is 18.3 Å². The van der Waals surface area contributed by atoms with E-state index in [1.807, 2.05) is 6.92 Å². The zero-order valence-electron chi connectivity index (χ0n) is 10.3. The Kier molecular flexibility index (Phi) is 10.8. The molecule has 18 heavy (non-hydrogen) atoms. The molecule has 2 unspecified atom stereocenters. The molecule has 0 heterocycles. The number of nitrogens with zero attached hydrogens (tertiary/aromatic N) is 1. The predicted molar refractivity (Wildman–Crippen MR) is 78.5 cm³/mol. The SMILES string of the molecule is CCN(C)P(=O)(OCC(Cl)CCl)OCC(Cl)CCl. The van der Waals surface area contributed by atoms with Crippen molar-refractivity contribution in [2.45, 2.75) is 17.7 Å². The van der Waals surface area contributed by atoms with Gasteiger partial charge in [-0.2, -0.15) is 0 Å². The topological polar surface area (TPSA) is 38.8 Å². The van der Waals surface area contributed by atoms with Crippen LogP contribution in [-0.4, -0.2) is 54.0 Å². The highest BCUT2D eigenvalue weighted by Crippen LogP contribution is 2.51. The van der Waals surface area contributed by atoms with Crippen molar-refractivity contribution < 1.29 is 13.6 Å². The molecule has 0 rings (SSSR count). The molecule has 0 aliphatic carbocycles. The van der Waals surface area contributed by atoms with E-state index in [0.29, 0.717) is 6.54 Å². The Balaban J connectivity index is 4.48. The molecule has 0 spiro atoms. The second-order valence-electron chi connectivity index (χ2n) is 3.54. The molecule has 2 atom stereocenters. The van der Waals surface area contributed by atoms with Gasteiger partial charge in [-0.05, 0) is 7.05 Å². The van der Waals surface area contributed by atoms with E-state index in [2.05, 4.69) is 0 Å². The lowest BCUT2D eigenvalue weighted by Gasteiger charge is -2.27. The maximum Gasteiger partial charge on any atom is 0.407 e. The van der Waals surface area contributed by atoms with Crippen molar-refractivity contribution in [3.05, 3.63) is 0 Å².